The summed E-state index contributed by atoms with van der Waals surface area (Å²) in [7, 11) is 0. The fourth-order valence-corrected chi connectivity index (χ4v) is 1.71. The van der Waals surface area contributed by atoms with E-state index in [-0.39, 0.29) is 18.9 Å². The summed E-state index contributed by atoms with van der Waals surface area (Å²) in [5.41, 5.74) is 1.27. The zero-order chi connectivity index (χ0) is 13.8. The highest BCUT2D eigenvalue weighted by Gasteiger charge is 2.30. The number of aryl methyl sites for hydroxylation is 1. The van der Waals surface area contributed by atoms with Gasteiger partial charge in [-0.3, -0.25) is 9.69 Å². The Bertz CT molecular complexity index is 415. The van der Waals surface area contributed by atoms with Crippen molar-refractivity contribution in [2.45, 2.75) is 20.0 Å². The van der Waals surface area contributed by atoms with Crippen LogP contribution in [0.2, 0.25) is 0 Å². The third-order valence-corrected chi connectivity index (χ3v) is 2.66. The Morgan fingerprint density at radius 1 is 1.28 bits per heavy atom. The summed E-state index contributed by atoms with van der Waals surface area (Å²) in [4.78, 5) is 13.0. The van der Waals surface area contributed by atoms with Crippen LogP contribution >= 0.6 is 0 Å². The quantitative estimate of drug-likeness (QED) is 0.757. The Hall–Kier alpha value is -1.36. The van der Waals surface area contributed by atoms with Crippen molar-refractivity contribution in [2.24, 2.45) is 0 Å². The van der Waals surface area contributed by atoms with Crippen molar-refractivity contribution < 1.29 is 18.0 Å². The molecule has 1 aromatic carbocycles. The van der Waals surface area contributed by atoms with Crippen LogP contribution in [0.15, 0.2) is 24.3 Å². The number of carbonyl (C=O) groups excluding carboxylic acids is 1. The number of likely N-dealkylation sites (N-methyl/N-ethyl adjacent to an activating group) is 1. The van der Waals surface area contributed by atoms with Gasteiger partial charge in [-0.25, -0.2) is 0 Å². The van der Waals surface area contributed by atoms with Crippen LogP contribution in [0.25, 0.3) is 0 Å². The minimum atomic E-state index is -4.28. The predicted molar refractivity (Wildman–Crippen MR) is 63.7 cm³/mol. The molecule has 0 heterocycles. The first-order valence-corrected chi connectivity index (χ1v) is 5.71. The van der Waals surface area contributed by atoms with Crippen LogP contribution in [0.4, 0.5) is 13.2 Å². The van der Waals surface area contributed by atoms with Crippen LogP contribution < -0.4 is 0 Å². The average Bonchev–Trinajstić information content (AvgIpc) is 2.26. The van der Waals surface area contributed by atoms with Crippen LogP contribution in [0.1, 0.15) is 22.8 Å². The first kappa shape index (κ1) is 14.7. The third-order valence-electron chi connectivity index (χ3n) is 2.66. The van der Waals surface area contributed by atoms with E-state index in [2.05, 4.69) is 0 Å². The number of rotatable bonds is 5. The molecule has 0 aliphatic heterocycles. The summed E-state index contributed by atoms with van der Waals surface area (Å²) in [5.74, 6) is -0.279. The van der Waals surface area contributed by atoms with Gasteiger partial charge in [0.2, 0.25) is 0 Å². The Kier molecular flexibility index (Phi) is 4.90. The highest BCUT2D eigenvalue weighted by atomic mass is 19.4. The summed E-state index contributed by atoms with van der Waals surface area (Å²) >= 11 is 0. The molecule has 0 radical (unpaired) electrons. The molecule has 1 aromatic rings. The molecule has 1 rings (SSSR count). The smallest absolute Gasteiger partial charge is 0.293 e. The van der Waals surface area contributed by atoms with E-state index in [1.807, 2.05) is 0 Å². The number of alkyl halides is 3. The lowest BCUT2D eigenvalue weighted by molar-refractivity contribution is -0.144. The van der Waals surface area contributed by atoms with Gasteiger partial charge >= 0.3 is 6.18 Å². The van der Waals surface area contributed by atoms with Crippen LogP contribution in [0.3, 0.4) is 0 Å². The maximum absolute atomic E-state index is 12.3. The molecule has 5 heteroatoms. The lowest BCUT2D eigenvalue weighted by Crippen LogP contribution is -2.37. The molecule has 18 heavy (non-hydrogen) atoms. The SMILES string of the molecule is CCN(CC(=O)c1ccccc1C)CC(F)(F)F. The first-order chi connectivity index (χ1) is 8.33. The Morgan fingerprint density at radius 3 is 2.39 bits per heavy atom. The molecule has 0 bridgehead atoms. The highest BCUT2D eigenvalue weighted by molar-refractivity contribution is 5.98. The minimum Gasteiger partial charge on any atom is -0.293 e. The second-order valence-corrected chi connectivity index (χ2v) is 4.16. The van der Waals surface area contributed by atoms with Gasteiger partial charge in [-0.05, 0) is 19.0 Å². The third kappa shape index (κ3) is 4.49. The van der Waals surface area contributed by atoms with Gasteiger partial charge in [-0.1, -0.05) is 31.2 Å². The topological polar surface area (TPSA) is 20.3 Å². The molecule has 0 aliphatic rings. The lowest BCUT2D eigenvalue weighted by atomic mass is 10.0. The molecule has 0 aromatic heterocycles. The maximum Gasteiger partial charge on any atom is 0.401 e. The van der Waals surface area contributed by atoms with Gasteiger partial charge in [0.1, 0.15) is 0 Å². The number of nitrogens with zero attached hydrogens (tertiary/aromatic N) is 1. The molecule has 100 valence electrons. The summed E-state index contributed by atoms with van der Waals surface area (Å²) in [6.07, 6.45) is -4.28. The Labute approximate surface area is 104 Å². The molecule has 0 saturated heterocycles. The van der Waals surface area contributed by atoms with E-state index in [0.29, 0.717) is 5.56 Å². The van der Waals surface area contributed by atoms with Crippen LogP contribution in [0, 0.1) is 6.92 Å². The highest BCUT2D eigenvalue weighted by Crippen LogP contribution is 2.17. The van der Waals surface area contributed by atoms with E-state index in [4.69, 9.17) is 0 Å². The zero-order valence-electron chi connectivity index (χ0n) is 10.4. The number of halogens is 3. The first-order valence-electron chi connectivity index (χ1n) is 5.71. The van der Waals surface area contributed by atoms with E-state index in [0.717, 1.165) is 10.5 Å². The van der Waals surface area contributed by atoms with E-state index in [1.165, 1.54) is 0 Å². The predicted octanol–water partition coefficient (Wildman–Crippen LogP) is 3.06. The number of benzene rings is 1. The Morgan fingerprint density at radius 2 is 1.89 bits per heavy atom. The molecular weight excluding hydrogens is 243 g/mol. The van der Waals surface area contributed by atoms with Crippen molar-refractivity contribution in [1.82, 2.24) is 4.90 Å². The normalized spacial score (nSPS) is 11.9. The number of carbonyl (C=O) groups is 1. The molecule has 0 aliphatic carbocycles. The van der Waals surface area contributed by atoms with Gasteiger partial charge in [0.25, 0.3) is 0 Å². The number of hydrogen-bond acceptors (Lipinski definition) is 2. The van der Waals surface area contributed by atoms with Crippen LogP contribution in [-0.4, -0.2) is 36.5 Å². The molecule has 0 atom stereocenters. The largest absolute Gasteiger partial charge is 0.401 e. The van der Waals surface area contributed by atoms with Gasteiger partial charge in [0, 0.05) is 5.56 Å². The maximum atomic E-state index is 12.3. The van der Waals surface area contributed by atoms with Gasteiger partial charge in [0.05, 0.1) is 13.1 Å². The summed E-state index contributed by atoms with van der Waals surface area (Å²) < 4.78 is 36.8. The van der Waals surface area contributed by atoms with E-state index >= 15 is 0 Å². The second-order valence-electron chi connectivity index (χ2n) is 4.16. The zero-order valence-corrected chi connectivity index (χ0v) is 10.4. The molecule has 0 unspecified atom stereocenters. The number of ketones is 1. The molecule has 0 amide bonds. The van der Waals surface area contributed by atoms with Gasteiger partial charge < -0.3 is 0 Å². The fourth-order valence-electron chi connectivity index (χ4n) is 1.71. The summed E-state index contributed by atoms with van der Waals surface area (Å²) in [6, 6.07) is 6.91. The minimum absolute atomic E-state index is 0.192. The van der Waals surface area contributed by atoms with Crippen molar-refractivity contribution in [2.75, 3.05) is 19.6 Å². The summed E-state index contributed by atoms with van der Waals surface area (Å²) in [5, 5.41) is 0. The molecule has 0 spiro atoms. The standard InChI is InChI=1S/C13H16F3NO/c1-3-17(9-13(14,15)16)8-12(18)11-7-5-4-6-10(11)2/h4-7H,3,8-9H2,1-2H3. The Balaban J connectivity index is 2.71. The number of hydrogen-bond donors (Lipinski definition) is 0. The van der Waals surface area contributed by atoms with Crippen molar-refractivity contribution in [3.8, 4) is 0 Å². The van der Waals surface area contributed by atoms with Crippen molar-refractivity contribution in [3.63, 3.8) is 0 Å². The molecule has 0 fully saturated rings. The molecule has 0 N–H and O–H groups in total. The van der Waals surface area contributed by atoms with Crippen molar-refractivity contribution >= 4 is 5.78 Å². The van der Waals surface area contributed by atoms with Gasteiger partial charge in [0.15, 0.2) is 5.78 Å². The van der Waals surface area contributed by atoms with Gasteiger partial charge in [-0.15, -0.1) is 0 Å². The molecular formula is C13H16F3NO. The van der Waals surface area contributed by atoms with E-state index < -0.39 is 12.7 Å². The average molecular weight is 259 g/mol. The van der Waals surface area contributed by atoms with Gasteiger partial charge in [-0.2, -0.15) is 13.2 Å². The second kappa shape index (κ2) is 6.00. The molecule has 2 nitrogen and oxygen atoms in total. The van der Waals surface area contributed by atoms with E-state index in [1.54, 1.807) is 38.1 Å². The van der Waals surface area contributed by atoms with Crippen molar-refractivity contribution in [1.29, 1.82) is 0 Å². The van der Waals surface area contributed by atoms with Crippen molar-refractivity contribution in [3.05, 3.63) is 35.4 Å². The van der Waals surface area contributed by atoms with Crippen LogP contribution in [0.5, 0.6) is 0 Å². The van der Waals surface area contributed by atoms with Crippen LogP contribution in [-0.2, 0) is 0 Å². The lowest BCUT2D eigenvalue weighted by Gasteiger charge is -2.21. The monoisotopic (exact) mass is 259 g/mol. The van der Waals surface area contributed by atoms with E-state index in [9.17, 15) is 18.0 Å². The fraction of sp³-hybridized carbons (Fsp3) is 0.462. The summed E-state index contributed by atoms with van der Waals surface area (Å²) in [6.45, 7) is 2.31. The molecule has 0 saturated carbocycles. The number of Topliss-reactive ketones (excluding diaryl/α,β-unsaturated/α-hetero) is 1.